The molecule has 0 spiro atoms. The first-order valence-electron chi connectivity index (χ1n) is 10.8. The quantitative estimate of drug-likeness (QED) is 0.402. The third kappa shape index (κ3) is 4.17. The van der Waals surface area contributed by atoms with Gasteiger partial charge in [0.1, 0.15) is 35.3 Å². The molecular weight excluding hydrogens is 418 g/mol. The van der Waals surface area contributed by atoms with E-state index in [2.05, 4.69) is 36.1 Å². The van der Waals surface area contributed by atoms with Crippen LogP contribution in [0, 0.1) is 13.8 Å². The normalized spacial score (nSPS) is 13.4. The third-order valence-electron chi connectivity index (χ3n) is 5.82. The van der Waals surface area contributed by atoms with Gasteiger partial charge < -0.3 is 18.6 Å². The van der Waals surface area contributed by atoms with E-state index in [0.717, 1.165) is 17.9 Å². The van der Waals surface area contributed by atoms with Gasteiger partial charge in [-0.25, -0.2) is 0 Å². The molecule has 5 rings (SSSR count). The SMILES string of the molecule is COc1cccc(Oc2c(C)oc3c4c(ccc3c2=O)OCN(Cc2ccc(C)cc2)C4)c1. The van der Waals surface area contributed by atoms with Crippen molar-refractivity contribution in [1.29, 1.82) is 0 Å². The molecule has 0 bridgehead atoms. The predicted octanol–water partition coefficient (Wildman–Crippen LogP) is 5.56. The number of aryl methyl sites for hydroxylation is 2. The van der Waals surface area contributed by atoms with Crippen molar-refractivity contribution < 1.29 is 18.6 Å². The zero-order valence-electron chi connectivity index (χ0n) is 18.9. The molecule has 6 heteroatoms. The average Bonchev–Trinajstić information content (AvgIpc) is 2.83. The van der Waals surface area contributed by atoms with Crippen molar-refractivity contribution in [3.63, 3.8) is 0 Å². The van der Waals surface area contributed by atoms with E-state index in [1.54, 1.807) is 32.2 Å². The topological polar surface area (TPSA) is 61.1 Å². The Bertz CT molecular complexity index is 1370. The van der Waals surface area contributed by atoms with E-state index in [4.69, 9.17) is 18.6 Å². The first kappa shape index (κ1) is 21.1. The highest BCUT2D eigenvalue weighted by molar-refractivity contribution is 5.83. The van der Waals surface area contributed by atoms with Crippen LogP contribution in [0.1, 0.15) is 22.5 Å². The van der Waals surface area contributed by atoms with Gasteiger partial charge >= 0.3 is 0 Å². The molecule has 1 aliphatic rings. The monoisotopic (exact) mass is 443 g/mol. The van der Waals surface area contributed by atoms with Crippen LogP contribution in [0.5, 0.6) is 23.0 Å². The van der Waals surface area contributed by atoms with E-state index in [1.165, 1.54) is 11.1 Å². The van der Waals surface area contributed by atoms with Crippen molar-refractivity contribution in [3.05, 3.63) is 93.3 Å². The molecule has 33 heavy (non-hydrogen) atoms. The minimum absolute atomic E-state index is 0.170. The van der Waals surface area contributed by atoms with E-state index < -0.39 is 0 Å². The summed E-state index contributed by atoms with van der Waals surface area (Å²) in [4.78, 5) is 15.5. The van der Waals surface area contributed by atoms with Crippen LogP contribution < -0.4 is 19.6 Å². The fourth-order valence-electron chi connectivity index (χ4n) is 4.06. The second-order valence-electron chi connectivity index (χ2n) is 8.26. The molecule has 0 aliphatic carbocycles. The Morgan fingerprint density at radius 2 is 1.79 bits per heavy atom. The molecule has 0 N–H and O–H groups in total. The van der Waals surface area contributed by atoms with E-state index in [1.807, 2.05) is 18.2 Å². The molecule has 0 radical (unpaired) electrons. The predicted molar refractivity (Wildman–Crippen MR) is 126 cm³/mol. The fourth-order valence-corrected chi connectivity index (χ4v) is 4.06. The highest BCUT2D eigenvalue weighted by Gasteiger charge is 2.24. The number of hydrogen-bond donors (Lipinski definition) is 0. The number of fused-ring (bicyclic) bond motifs is 3. The van der Waals surface area contributed by atoms with Gasteiger partial charge in [0.15, 0.2) is 0 Å². The summed E-state index contributed by atoms with van der Waals surface area (Å²) in [5.41, 5.74) is 3.64. The van der Waals surface area contributed by atoms with Gasteiger partial charge in [0, 0.05) is 19.2 Å². The van der Waals surface area contributed by atoms with Gasteiger partial charge in [-0.05, 0) is 43.7 Å². The van der Waals surface area contributed by atoms with Crippen molar-refractivity contribution in [2.24, 2.45) is 0 Å². The zero-order chi connectivity index (χ0) is 22.9. The Kier molecular flexibility index (Phi) is 5.52. The molecular formula is C27H25NO5. The molecule has 2 heterocycles. The first-order valence-corrected chi connectivity index (χ1v) is 10.8. The second kappa shape index (κ2) is 8.64. The molecule has 3 aromatic carbocycles. The summed E-state index contributed by atoms with van der Waals surface area (Å²) in [6.07, 6.45) is 0. The van der Waals surface area contributed by atoms with Crippen LogP contribution in [0.2, 0.25) is 0 Å². The average molecular weight is 443 g/mol. The maximum absolute atomic E-state index is 13.3. The van der Waals surface area contributed by atoms with Crippen LogP contribution in [-0.4, -0.2) is 18.7 Å². The van der Waals surface area contributed by atoms with E-state index in [0.29, 0.717) is 41.5 Å². The lowest BCUT2D eigenvalue weighted by Crippen LogP contribution is -2.31. The number of benzene rings is 3. The standard InChI is InChI=1S/C27H25NO5/c1-17-7-9-19(10-8-17)14-28-15-23-24(31-16-28)12-11-22-25(29)26(18(2)32-27(22)23)33-21-6-4-5-20(13-21)30-3/h4-13H,14-16H2,1-3H3. The first-order chi connectivity index (χ1) is 16.0. The highest BCUT2D eigenvalue weighted by atomic mass is 16.5. The van der Waals surface area contributed by atoms with E-state index in [9.17, 15) is 4.79 Å². The Hall–Kier alpha value is -3.77. The lowest BCUT2D eigenvalue weighted by atomic mass is 10.1. The second-order valence-corrected chi connectivity index (χ2v) is 8.26. The molecule has 0 amide bonds. The summed E-state index contributed by atoms with van der Waals surface area (Å²) in [7, 11) is 1.59. The molecule has 1 aliphatic heterocycles. The summed E-state index contributed by atoms with van der Waals surface area (Å²) in [5.74, 6) is 2.49. The Morgan fingerprint density at radius 3 is 2.58 bits per heavy atom. The lowest BCUT2D eigenvalue weighted by Gasteiger charge is -2.29. The molecule has 0 saturated heterocycles. The minimum atomic E-state index is -0.213. The van der Waals surface area contributed by atoms with E-state index in [-0.39, 0.29) is 11.2 Å². The Labute approximate surface area is 191 Å². The van der Waals surface area contributed by atoms with Crippen LogP contribution in [0.3, 0.4) is 0 Å². The van der Waals surface area contributed by atoms with Crippen LogP contribution in [0.4, 0.5) is 0 Å². The largest absolute Gasteiger partial charge is 0.497 e. The molecule has 0 unspecified atom stereocenters. The van der Waals surface area contributed by atoms with Crippen LogP contribution in [0.15, 0.2) is 69.9 Å². The van der Waals surface area contributed by atoms with Crippen LogP contribution in [0.25, 0.3) is 11.0 Å². The minimum Gasteiger partial charge on any atom is -0.497 e. The fraction of sp³-hybridized carbons (Fsp3) is 0.222. The molecule has 0 fully saturated rings. The molecule has 1 aromatic heterocycles. The maximum Gasteiger partial charge on any atom is 0.235 e. The summed E-state index contributed by atoms with van der Waals surface area (Å²) < 4.78 is 23.3. The van der Waals surface area contributed by atoms with Crippen molar-refractivity contribution in [3.8, 4) is 23.0 Å². The summed E-state index contributed by atoms with van der Waals surface area (Å²) in [6, 6.07) is 19.2. The summed E-state index contributed by atoms with van der Waals surface area (Å²) >= 11 is 0. The molecule has 0 atom stereocenters. The van der Waals surface area contributed by atoms with Crippen molar-refractivity contribution in [2.45, 2.75) is 26.9 Å². The van der Waals surface area contributed by atoms with Gasteiger partial charge in [-0.1, -0.05) is 35.9 Å². The van der Waals surface area contributed by atoms with Crippen LogP contribution >= 0.6 is 0 Å². The third-order valence-corrected chi connectivity index (χ3v) is 5.82. The van der Waals surface area contributed by atoms with Gasteiger partial charge in [0.05, 0.1) is 18.1 Å². The van der Waals surface area contributed by atoms with Gasteiger partial charge in [-0.3, -0.25) is 9.69 Å². The van der Waals surface area contributed by atoms with Gasteiger partial charge in [-0.2, -0.15) is 0 Å². The number of hydrogen-bond acceptors (Lipinski definition) is 6. The Morgan fingerprint density at radius 1 is 1.00 bits per heavy atom. The summed E-state index contributed by atoms with van der Waals surface area (Å²) in [6.45, 7) is 5.66. The molecule has 6 nitrogen and oxygen atoms in total. The van der Waals surface area contributed by atoms with Crippen molar-refractivity contribution in [2.75, 3.05) is 13.8 Å². The maximum atomic E-state index is 13.3. The molecule has 4 aromatic rings. The smallest absolute Gasteiger partial charge is 0.235 e. The van der Waals surface area contributed by atoms with Crippen molar-refractivity contribution >= 4 is 11.0 Å². The van der Waals surface area contributed by atoms with Crippen molar-refractivity contribution in [1.82, 2.24) is 4.90 Å². The van der Waals surface area contributed by atoms with Crippen LogP contribution in [-0.2, 0) is 13.1 Å². The van der Waals surface area contributed by atoms with Gasteiger partial charge in [0.25, 0.3) is 0 Å². The van der Waals surface area contributed by atoms with Gasteiger partial charge in [-0.15, -0.1) is 0 Å². The number of methoxy groups -OCH3 is 1. The van der Waals surface area contributed by atoms with E-state index >= 15 is 0 Å². The molecule has 0 saturated carbocycles. The number of ether oxygens (including phenoxy) is 3. The number of nitrogens with zero attached hydrogens (tertiary/aromatic N) is 1. The highest BCUT2D eigenvalue weighted by Crippen LogP contribution is 2.35. The summed E-state index contributed by atoms with van der Waals surface area (Å²) in [5, 5.41) is 0.470. The van der Waals surface area contributed by atoms with Gasteiger partial charge in [0.2, 0.25) is 11.2 Å². The lowest BCUT2D eigenvalue weighted by molar-refractivity contribution is 0.0889. The molecule has 168 valence electrons. The number of rotatable bonds is 5. The Balaban J connectivity index is 1.48. The zero-order valence-corrected chi connectivity index (χ0v) is 18.9.